The molecule has 3 heterocycles. The fourth-order valence-corrected chi connectivity index (χ4v) is 4.16. The van der Waals surface area contributed by atoms with E-state index in [-0.39, 0.29) is 11.3 Å². The van der Waals surface area contributed by atoms with Crippen molar-refractivity contribution < 1.29 is 14.3 Å². The summed E-state index contributed by atoms with van der Waals surface area (Å²) in [6.45, 7) is 3.27. The number of rotatable bonds is 3. The first kappa shape index (κ1) is 17.9. The van der Waals surface area contributed by atoms with Crippen LogP contribution in [0.15, 0.2) is 36.5 Å². The minimum absolute atomic E-state index is 0.0883. The van der Waals surface area contributed by atoms with Crippen LogP contribution >= 0.6 is 0 Å². The molecule has 1 aromatic heterocycles. The van der Waals surface area contributed by atoms with Crippen LogP contribution in [-0.2, 0) is 4.74 Å². The summed E-state index contributed by atoms with van der Waals surface area (Å²) in [6.07, 6.45) is 6.01. The van der Waals surface area contributed by atoms with Gasteiger partial charge in [0, 0.05) is 49.7 Å². The van der Waals surface area contributed by atoms with Crippen molar-refractivity contribution in [1.29, 1.82) is 0 Å². The Kier molecular flexibility index (Phi) is 5.07. The summed E-state index contributed by atoms with van der Waals surface area (Å²) in [5.74, 6) is 1.16. The minimum atomic E-state index is 0.0883. The maximum Gasteiger partial charge on any atom is 0.253 e. The minimum Gasteiger partial charge on any atom is -0.481 e. The molecular formula is C21H25N3O3. The van der Waals surface area contributed by atoms with Crippen LogP contribution in [0.2, 0.25) is 0 Å². The van der Waals surface area contributed by atoms with E-state index >= 15 is 0 Å². The fourth-order valence-electron chi connectivity index (χ4n) is 4.16. The lowest BCUT2D eigenvalue weighted by molar-refractivity contribution is -0.0229. The van der Waals surface area contributed by atoms with Crippen LogP contribution in [-0.4, -0.2) is 54.2 Å². The summed E-state index contributed by atoms with van der Waals surface area (Å²) in [6, 6.07) is 9.26. The number of benzene rings is 1. The van der Waals surface area contributed by atoms with Crippen LogP contribution in [0.5, 0.6) is 5.88 Å². The molecule has 27 heavy (non-hydrogen) atoms. The van der Waals surface area contributed by atoms with Gasteiger partial charge in [0.25, 0.3) is 5.91 Å². The van der Waals surface area contributed by atoms with Crippen LogP contribution < -0.4 is 4.74 Å². The smallest absolute Gasteiger partial charge is 0.253 e. The van der Waals surface area contributed by atoms with Crippen molar-refractivity contribution in [3.8, 4) is 17.3 Å². The Labute approximate surface area is 159 Å². The van der Waals surface area contributed by atoms with Crippen LogP contribution in [0, 0.1) is 5.41 Å². The molecule has 2 aromatic rings. The summed E-state index contributed by atoms with van der Waals surface area (Å²) in [4.78, 5) is 23.9. The topological polar surface area (TPSA) is 64.5 Å². The SMILES string of the molecule is COc1ccnc(-c2cccc(C(=O)N3CCCC4(CCOCC4)C3)c2)n1. The second-order valence-corrected chi connectivity index (χ2v) is 7.45. The Hall–Kier alpha value is -2.47. The number of carbonyl (C=O) groups is 1. The normalized spacial score (nSPS) is 19.1. The molecule has 0 radical (unpaired) electrons. The molecule has 2 aliphatic heterocycles. The van der Waals surface area contributed by atoms with Gasteiger partial charge in [-0.05, 0) is 43.2 Å². The maximum atomic E-state index is 13.2. The molecule has 2 fully saturated rings. The van der Waals surface area contributed by atoms with Gasteiger partial charge in [0.15, 0.2) is 5.82 Å². The number of amides is 1. The van der Waals surface area contributed by atoms with Gasteiger partial charge in [0.1, 0.15) is 0 Å². The van der Waals surface area contributed by atoms with Gasteiger partial charge >= 0.3 is 0 Å². The number of likely N-dealkylation sites (tertiary alicyclic amines) is 1. The lowest BCUT2D eigenvalue weighted by atomic mass is 9.74. The third kappa shape index (κ3) is 3.81. The molecule has 6 nitrogen and oxygen atoms in total. The molecule has 1 amide bonds. The summed E-state index contributed by atoms with van der Waals surface area (Å²) in [5.41, 5.74) is 1.74. The molecule has 1 aromatic carbocycles. The maximum absolute atomic E-state index is 13.2. The summed E-state index contributed by atoms with van der Waals surface area (Å²) < 4.78 is 10.7. The number of piperidine rings is 1. The number of methoxy groups -OCH3 is 1. The Morgan fingerprint density at radius 2 is 2.07 bits per heavy atom. The molecule has 2 aliphatic rings. The number of hydrogen-bond acceptors (Lipinski definition) is 5. The first-order chi connectivity index (χ1) is 13.2. The third-order valence-corrected chi connectivity index (χ3v) is 5.71. The van der Waals surface area contributed by atoms with E-state index in [9.17, 15) is 4.79 Å². The number of aromatic nitrogens is 2. The van der Waals surface area contributed by atoms with E-state index in [1.165, 1.54) is 6.42 Å². The van der Waals surface area contributed by atoms with Crippen molar-refractivity contribution in [3.63, 3.8) is 0 Å². The van der Waals surface area contributed by atoms with Crippen molar-refractivity contribution >= 4 is 5.91 Å². The molecular weight excluding hydrogens is 342 g/mol. The zero-order valence-electron chi connectivity index (χ0n) is 15.7. The number of carbonyl (C=O) groups excluding carboxylic acids is 1. The van der Waals surface area contributed by atoms with E-state index in [1.54, 1.807) is 19.4 Å². The lowest BCUT2D eigenvalue weighted by Gasteiger charge is -2.45. The number of nitrogens with zero attached hydrogens (tertiary/aromatic N) is 3. The monoisotopic (exact) mass is 367 g/mol. The van der Waals surface area contributed by atoms with Crippen LogP contribution in [0.3, 0.4) is 0 Å². The van der Waals surface area contributed by atoms with E-state index in [0.29, 0.717) is 17.3 Å². The van der Waals surface area contributed by atoms with Gasteiger partial charge in [-0.25, -0.2) is 4.98 Å². The largest absolute Gasteiger partial charge is 0.481 e. The Morgan fingerprint density at radius 3 is 2.89 bits per heavy atom. The van der Waals surface area contributed by atoms with Gasteiger partial charge in [-0.15, -0.1) is 0 Å². The molecule has 0 bridgehead atoms. The Balaban J connectivity index is 1.55. The van der Waals surface area contributed by atoms with Crippen molar-refractivity contribution in [2.45, 2.75) is 25.7 Å². The van der Waals surface area contributed by atoms with Crippen LogP contribution in [0.25, 0.3) is 11.4 Å². The lowest BCUT2D eigenvalue weighted by Crippen LogP contribution is -2.48. The average Bonchev–Trinajstić information content (AvgIpc) is 2.74. The van der Waals surface area contributed by atoms with Crippen molar-refractivity contribution in [2.75, 3.05) is 33.4 Å². The highest BCUT2D eigenvalue weighted by Crippen LogP contribution is 2.39. The fraction of sp³-hybridized carbons (Fsp3) is 0.476. The van der Waals surface area contributed by atoms with E-state index < -0.39 is 0 Å². The van der Waals surface area contributed by atoms with Gasteiger partial charge in [0.05, 0.1) is 7.11 Å². The van der Waals surface area contributed by atoms with Crippen molar-refractivity contribution in [2.24, 2.45) is 5.41 Å². The molecule has 2 saturated heterocycles. The van der Waals surface area contributed by atoms with E-state index in [2.05, 4.69) is 9.97 Å². The molecule has 0 saturated carbocycles. The second-order valence-electron chi connectivity index (χ2n) is 7.45. The quantitative estimate of drug-likeness (QED) is 0.834. The van der Waals surface area contributed by atoms with Crippen molar-refractivity contribution in [1.82, 2.24) is 14.9 Å². The zero-order valence-corrected chi connectivity index (χ0v) is 15.7. The standard InChI is InChI=1S/C21H25N3O3/c1-26-18-6-10-22-19(23-18)16-4-2-5-17(14-16)20(25)24-11-3-7-21(15-24)8-12-27-13-9-21/h2,4-6,10,14H,3,7-9,11-13,15H2,1H3. The molecule has 1 spiro atoms. The second kappa shape index (κ2) is 7.64. The molecule has 0 unspecified atom stereocenters. The number of hydrogen-bond donors (Lipinski definition) is 0. The third-order valence-electron chi connectivity index (χ3n) is 5.71. The van der Waals surface area contributed by atoms with Gasteiger partial charge in [-0.1, -0.05) is 12.1 Å². The predicted octanol–water partition coefficient (Wildman–Crippen LogP) is 3.19. The molecule has 0 aliphatic carbocycles. The van der Waals surface area contributed by atoms with Crippen LogP contribution in [0.1, 0.15) is 36.0 Å². The van der Waals surface area contributed by atoms with E-state index in [1.807, 2.05) is 29.2 Å². The van der Waals surface area contributed by atoms with E-state index in [0.717, 1.165) is 51.1 Å². The Morgan fingerprint density at radius 1 is 1.22 bits per heavy atom. The first-order valence-corrected chi connectivity index (χ1v) is 9.54. The molecule has 0 atom stereocenters. The summed E-state index contributed by atoms with van der Waals surface area (Å²) in [5, 5.41) is 0. The van der Waals surface area contributed by atoms with Gasteiger partial charge in [-0.2, -0.15) is 4.98 Å². The number of ether oxygens (including phenoxy) is 2. The highest BCUT2D eigenvalue weighted by Gasteiger charge is 2.38. The zero-order chi connectivity index (χ0) is 18.7. The van der Waals surface area contributed by atoms with Gasteiger partial charge in [0.2, 0.25) is 5.88 Å². The Bertz CT molecular complexity index is 812. The van der Waals surface area contributed by atoms with Crippen molar-refractivity contribution in [3.05, 3.63) is 42.1 Å². The first-order valence-electron chi connectivity index (χ1n) is 9.54. The highest BCUT2D eigenvalue weighted by molar-refractivity contribution is 5.95. The van der Waals surface area contributed by atoms with E-state index in [4.69, 9.17) is 9.47 Å². The molecule has 4 rings (SSSR count). The summed E-state index contributed by atoms with van der Waals surface area (Å²) >= 11 is 0. The van der Waals surface area contributed by atoms with Gasteiger partial charge in [-0.3, -0.25) is 4.79 Å². The highest BCUT2D eigenvalue weighted by atomic mass is 16.5. The van der Waals surface area contributed by atoms with Gasteiger partial charge < -0.3 is 14.4 Å². The molecule has 6 heteroatoms. The van der Waals surface area contributed by atoms with Crippen LogP contribution in [0.4, 0.5) is 0 Å². The predicted molar refractivity (Wildman–Crippen MR) is 102 cm³/mol. The summed E-state index contributed by atoms with van der Waals surface area (Å²) in [7, 11) is 1.58. The molecule has 0 N–H and O–H groups in total. The molecule has 142 valence electrons. The average molecular weight is 367 g/mol.